The molecule has 0 bridgehead atoms. The Morgan fingerprint density at radius 3 is 2.44 bits per heavy atom. The van der Waals surface area contributed by atoms with Gasteiger partial charge in [-0.1, -0.05) is 6.92 Å². The molecule has 0 aromatic heterocycles. The predicted octanol–water partition coefficient (Wildman–Crippen LogP) is 0.470. The Balaban J connectivity index is 1.43. The normalized spacial score (nSPS) is 38.8. The number of nitrogens with zero attached hydrogens (tertiary/aromatic N) is 2. The van der Waals surface area contributed by atoms with Gasteiger partial charge in [-0.15, -0.1) is 0 Å². The van der Waals surface area contributed by atoms with Crippen LogP contribution in [0.1, 0.15) is 13.3 Å². The van der Waals surface area contributed by atoms with Crippen LogP contribution in [0.3, 0.4) is 0 Å². The van der Waals surface area contributed by atoms with Gasteiger partial charge in [-0.25, -0.2) is 0 Å². The largest absolute Gasteiger partial charge is 0.314 e. The van der Waals surface area contributed by atoms with Gasteiger partial charge in [0.2, 0.25) is 0 Å². The van der Waals surface area contributed by atoms with Crippen molar-refractivity contribution in [1.29, 1.82) is 0 Å². The average Bonchev–Trinajstić information content (AvgIpc) is 2.64. The van der Waals surface area contributed by atoms with Crippen molar-refractivity contribution in [2.24, 2.45) is 0 Å². The fourth-order valence-electron chi connectivity index (χ4n) is 3.11. The van der Waals surface area contributed by atoms with Gasteiger partial charge in [0.15, 0.2) is 0 Å². The molecule has 0 radical (unpaired) electrons. The molecule has 0 amide bonds. The van der Waals surface area contributed by atoms with Crippen molar-refractivity contribution < 1.29 is 0 Å². The monoisotopic (exact) mass is 241 g/mol. The van der Waals surface area contributed by atoms with Gasteiger partial charge >= 0.3 is 0 Å². The molecule has 2 unspecified atom stereocenters. The maximum Gasteiger partial charge on any atom is 0.0351 e. The zero-order chi connectivity index (χ0) is 11.0. The number of rotatable bonds is 2. The summed E-state index contributed by atoms with van der Waals surface area (Å²) in [5, 5.41) is 4.32. The van der Waals surface area contributed by atoms with E-state index in [2.05, 4.69) is 33.8 Å². The highest BCUT2D eigenvalue weighted by molar-refractivity contribution is 8.00. The third-order valence-electron chi connectivity index (χ3n) is 4.25. The van der Waals surface area contributed by atoms with Gasteiger partial charge in [-0.3, -0.25) is 9.80 Å². The highest BCUT2D eigenvalue weighted by Gasteiger charge is 2.38. The van der Waals surface area contributed by atoms with E-state index in [1.54, 1.807) is 0 Å². The topological polar surface area (TPSA) is 18.5 Å². The maximum atomic E-state index is 3.43. The van der Waals surface area contributed by atoms with E-state index in [-0.39, 0.29) is 0 Å². The molecular formula is C12H23N3S. The highest BCUT2D eigenvalue weighted by atomic mass is 32.2. The van der Waals surface area contributed by atoms with E-state index in [0.29, 0.717) is 0 Å². The van der Waals surface area contributed by atoms with E-state index < -0.39 is 0 Å². The first-order valence-corrected chi connectivity index (χ1v) is 7.68. The number of thioether (sulfide) groups is 1. The van der Waals surface area contributed by atoms with Crippen LogP contribution < -0.4 is 5.32 Å². The SMILES string of the molecule is CC1CC(N2CC(N3CCNCC3)C2)CS1. The van der Waals surface area contributed by atoms with Gasteiger partial charge in [0.25, 0.3) is 0 Å². The second-order valence-corrected chi connectivity index (χ2v) is 6.90. The maximum absolute atomic E-state index is 3.43. The molecule has 3 saturated heterocycles. The summed E-state index contributed by atoms with van der Waals surface area (Å²) in [6.45, 7) is 9.93. The first kappa shape index (κ1) is 11.3. The Morgan fingerprint density at radius 2 is 1.81 bits per heavy atom. The lowest BCUT2D eigenvalue weighted by molar-refractivity contribution is 0.00517. The lowest BCUT2D eigenvalue weighted by Gasteiger charge is -2.49. The van der Waals surface area contributed by atoms with E-state index in [4.69, 9.17) is 0 Å². The molecule has 3 nitrogen and oxygen atoms in total. The van der Waals surface area contributed by atoms with Crippen LogP contribution >= 0.6 is 11.8 Å². The molecule has 4 heteroatoms. The van der Waals surface area contributed by atoms with Gasteiger partial charge in [0, 0.05) is 62.4 Å². The average molecular weight is 241 g/mol. The number of hydrogen-bond donors (Lipinski definition) is 1. The Hall–Kier alpha value is 0.230. The van der Waals surface area contributed by atoms with E-state index in [0.717, 1.165) is 17.3 Å². The van der Waals surface area contributed by atoms with Gasteiger partial charge in [-0.2, -0.15) is 11.8 Å². The third kappa shape index (κ3) is 2.26. The third-order valence-corrected chi connectivity index (χ3v) is 5.59. The van der Waals surface area contributed by atoms with Crippen LogP contribution in [0.15, 0.2) is 0 Å². The van der Waals surface area contributed by atoms with Crippen molar-refractivity contribution in [2.45, 2.75) is 30.7 Å². The summed E-state index contributed by atoms with van der Waals surface area (Å²) >= 11 is 2.15. The molecule has 0 aromatic carbocycles. The van der Waals surface area contributed by atoms with Crippen molar-refractivity contribution in [3.05, 3.63) is 0 Å². The molecule has 1 N–H and O–H groups in total. The number of hydrogen-bond acceptors (Lipinski definition) is 4. The van der Waals surface area contributed by atoms with Crippen molar-refractivity contribution >= 4 is 11.8 Å². The molecule has 92 valence electrons. The van der Waals surface area contributed by atoms with Crippen LogP contribution in [-0.2, 0) is 0 Å². The molecule has 16 heavy (non-hydrogen) atoms. The summed E-state index contributed by atoms with van der Waals surface area (Å²) in [6, 6.07) is 1.75. The van der Waals surface area contributed by atoms with Crippen LogP contribution in [0, 0.1) is 0 Å². The standard InChI is InChI=1S/C12H23N3S/c1-10-6-11(9-16-10)15-7-12(8-15)14-4-2-13-3-5-14/h10-13H,2-9H2,1H3. The summed E-state index contributed by atoms with van der Waals surface area (Å²) in [5.74, 6) is 1.37. The second kappa shape index (κ2) is 4.84. The van der Waals surface area contributed by atoms with E-state index in [1.807, 2.05) is 0 Å². The molecular weight excluding hydrogens is 218 g/mol. The van der Waals surface area contributed by atoms with Crippen molar-refractivity contribution in [3.8, 4) is 0 Å². The van der Waals surface area contributed by atoms with Crippen LogP contribution in [0.5, 0.6) is 0 Å². The summed E-state index contributed by atoms with van der Waals surface area (Å²) in [5.41, 5.74) is 0. The van der Waals surface area contributed by atoms with Crippen LogP contribution in [-0.4, -0.2) is 72.2 Å². The summed E-state index contributed by atoms with van der Waals surface area (Å²) in [7, 11) is 0. The van der Waals surface area contributed by atoms with Crippen LogP contribution in [0.4, 0.5) is 0 Å². The smallest absolute Gasteiger partial charge is 0.0351 e. The first-order valence-electron chi connectivity index (χ1n) is 6.63. The van der Waals surface area contributed by atoms with Crippen molar-refractivity contribution in [1.82, 2.24) is 15.1 Å². The Labute approximate surface area is 103 Å². The summed E-state index contributed by atoms with van der Waals surface area (Å²) in [6.07, 6.45) is 1.42. The fourth-order valence-corrected chi connectivity index (χ4v) is 4.37. The number of piperazine rings is 1. The molecule has 3 rings (SSSR count). The fraction of sp³-hybridized carbons (Fsp3) is 1.00. The summed E-state index contributed by atoms with van der Waals surface area (Å²) in [4.78, 5) is 5.39. The Morgan fingerprint density at radius 1 is 1.06 bits per heavy atom. The highest BCUT2D eigenvalue weighted by Crippen LogP contribution is 2.32. The first-order chi connectivity index (χ1) is 7.83. The van der Waals surface area contributed by atoms with Gasteiger partial charge in [0.05, 0.1) is 0 Å². The molecule has 0 aromatic rings. The van der Waals surface area contributed by atoms with Crippen molar-refractivity contribution in [2.75, 3.05) is 45.0 Å². The minimum Gasteiger partial charge on any atom is -0.314 e. The van der Waals surface area contributed by atoms with Crippen molar-refractivity contribution in [3.63, 3.8) is 0 Å². The Kier molecular flexibility index (Phi) is 3.43. The quantitative estimate of drug-likeness (QED) is 0.757. The van der Waals surface area contributed by atoms with Gasteiger partial charge < -0.3 is 5.32 Å². The second-order valence-electron chi connectivity index (χ2n) is 5.43. The molecule has 3 fully saturated rings. The molecule has 3 heterocycles. The van der Waals surface area contributed by atoms with Crippen LogP contribution in [0.2, 0.25) is 0 Å². The minimum absolute atomic E-state index is 0.864. The Bertz CT molecular complexity index is 228. The van der Waals surface area contributed by atoms with E-state index in [9.17, 15) is 0 Å². The molecule has 0 aliphatic carbocycles. The zero-order valence-corrected chi connectivity index (χ0v) is 11.0. The van der Waals surface area contributed by atoms with E-state index >= 15 is 0 Å². The lowest BCUT2D eigenvalue weighted by Crippen LogP contribution is -2.64. The van der Waals surface area contributed by atoms with Gasteiger partial charge in [0.1, 0.15) is 0 Å². The lowest BCUT2D eigenvalue weighted by atomic mass is 10.0. The summed E-state index contributed by atoms with van der Waals surface area (Å²) < 4.78 is 0. The number of likely N-dealkylation sites (tertiary alicyclic amines) is 1. The molecule has 3 aliphatic rings. The van der Waals surface area contributed by atoms with E-state index in [1.165, 1.54) is 51.4 Å². The minimum atomic E-state index is 0.864. The predicted molar refractivity (Wildman–Crippen MR) is 70.1 cm³/mol. The number of nitrogens with one attached hydrogen (secondary N) is 1. The van der Waals surface area contributed by atoms with Gasteiger partial charge in [-0.05, 0) is 6.42 Å². The molecule has 0 saturated carbocycles. The molecule has 2 atom stereocenters. The zero-order valence-electron chi connectivity index (χ0n) is 10.2. The van der Waals surface area contributed by atoms with Crippen LogP contribution in [0.25, 0.3) is 0 Å². The molecule has 0 spiro atoms. The molecule has 3 aliphatic heterocycles.